The molecule has 0 aliphatic rings. The number of oxime groups is 1. The van der Waals surface area contributed by atoms with Crippen LogP contribution >= 0.6 is 15.9 Å². The summed E-state index contributed by atoms with van der Waals surface area (Å²) < 4.78 is 6.67. The Morgan fingerprint density at radius 1 is 1.47 bits per heavy atom. The van der Waals surface area contributed by atoms with Gasteiger partial charge in [0.25, 0.3) is 0 Å². The predicted molar refractivity (Wildman–Crippen MR) is 79.8 cm³/mol. The quantitative estimate of drug-likeness (QED) is 0.348. The molecular formula is C13H20BrN3O2. The number of hydrogen-bond donors (Lipinski definition) is 2. The summed E-state index contributed by atoms with van der Waals surface area (Å²) in [7, 11) is 1.99. The molecule has 0 bridgehead atoms. The molecule has 1 aromatic rings. The van der Waals surface area contributed by atoms with Gasteiger partial charge in [0.15, 0.2) is 0 Å². The average Bonchev–Trinajstić information content (AvgIpc) is 2.40. The van der Waals surface area contributed by atoms with Gasteiger partial charge in [-0.1, -0.05) is 21.1 Å². The van der Waals surface area contributed by atoms with Gasteiger partial charge in [-0.25, -0.2) is 0 Å². The minimum atomic E-state index is 0.199. The highest BCUT2D eigenvalue weighted by Crippen LogP contribution is 2.16. The minimum absolute atomic E-state index is 0.199. The van der Waals surface area contributed by atoms with Crippen LogP contribution in [-0.2, 0) is 0 Å². The first-order chi connectivity index (χ1) is 9.02. The van der Waals surface area contributed by atoms with Crippen LogP contribution in [0.4, 0.5) is 0 Å². The molecule has 0 saturated heterocycles. The van der Waals surface area contributed by atoms with Gasteiger partial charge in [-0.05, 0) is 38.2 Å². The van der Waals surface area contributed by atoms with Gasteiger partial charge in [-0.3, -0.25) is 4.90 Å². The van der Waals surface area contributed by atoms with Crippen molar-refractivity contribution < 1.29 is 9.94 Å². The van der Waals surface area contributed by atoms with Gasteiger partial charge < -0.3 is 15.7 Å². The second kappa shape index (κ2) is 8.01. The molecule has 5 nitrogen and oxygen atoms in total. The van der Waals surface area contributed by atoms with Gasteiger partial charge in [0.2, 0.25) is 0 Å². The monoisotopic (exact) mass is 329 g/mol. The summed E-state index contributed by atoms with van der Waals surface area (Å²) in [5.41, 5.74) is 5.48. The highest BCUT2D eigenvalue weighted by Gasteiger charge is 2.11. The molecule has 0 spiro atoms. The van der Waals surface area contributed by atoms with Crippen LogP contribution in [0.1, 0.15) is 13.3 Å². The van der Waals surface area contributed by atoms with E-state index >= 15 is 0 Å². The summed E-state index contributed by atoms with van der Waals surface area (Å²) in [5.74, 6) is 1.09. The van der Waals surface area contributed by atoms with E-state index in [0.717, 1.165) is 16.8 Å². The summed E-state index contributed by atoms with van der Waals surface area (Å²) in [6.45, 7) is 3.40. The van der Waals surface area contributed by atoms with E-state index in [4.69, 9.17) is 15.7 Å². The van der Waals surface area contributed by atoms with Crippen molar-refractivity contribution in [1.82, 2.24) is 4.90 Å². The molecule has 0 aromatic heterocycles. The predicted octanol–water partition coefficient (Wildman–Crippen LogP) is 2.28. The van der Waals surface area contributed by atoms with Crippen LogP contribution in [0.25, 0.3) is 0 Å². The molecule has 1 unspecified atom stereocenters. The topological polar surface area (TPSA) is 71.1 Å². The van der Waals surface area contributed by atoms with E-state index in [9.17, 15) is 0 Å². The van der Waals surface area contributed by atoms with Gasteiger partial charge in [-0.15, -0.1) is 0 Å². The molecule has 1 rings (SSSR count). The lowest BCUT2D eigenvalue weighted by Gasteiger charge is -2.24. The van der Waals surface area contributed by atoms with Gasteiger partial charge in [0, 0.05) is 23.5 Å². The molecule has 0 heterocycles. The number of halogens is 1. The van der Waals surface area contributed by atoms with Crippen molar-refractivity contribution in [1.29, 1.82) is 0 Å². The molecule has 6 heteroatoms. The van der Waals surface area contributed by atoms with E-state index in [1.54, 1.807) is 0 Å². The Bertz CT molecular complexity index is 409. The Labute approximate surface area is 122 Å². The number of rotatable bonds is 7. The lowest BCUT2D eigenvalue weighted by atomic mass is 10.2. The number of nitrogens with two attached hydrogens (primary N) is 1. The van der Waals surface area contributed by atoms with E-state index < -0.39 is 0 Å². The molecule has 19 heavy (non-hydrogen) atoms. The highest BCUT2D eigenvalue weighted by molar-refractivity contribution is 9.10. The lowest BCUT2D eigenvalue weighted by molar-refractivity contribution is 0.201. The number of benzene rings is 1. The second-order valence-corrected chi connectivity index (χ2v) is 5.34. The fourth-order valence-electron chi connectivity index (χ4n) is 1.56. The molecule has 1 aromatic carbocycles. The molecule has 0 aliphatic heterocycles. The van der Waals surface area contributed by atoms with Crippen LogP contribution in [0, 0.1) is 0 Å². The van der Waals surface area contributed by atoms with Crippen LogP contribution in [0.5, 0.6) is 5.75 Å². The van der Waals surface area contributed by atoms with Crippen molar-refractivity contribution in [2.45, 2.75) is 19.4 Å². The number of likely N-dealkylation sites (N-methyl/N-ethyl adjacent to an activating group) is 1. The third-order valence-electron chi connectivity index (χ3n) is 2.91. The zero-order valence-electron chi connectivity index (χ0n) is 11.2. The third-order valence-corrected chi connectivity index (χ3v) is 3.44. The molecule has 0 amide bonds. The third kappa shape index (κ3) is 5.94. The van der Waals surface area contributed by atoms with Gasteiger partial charge in [-0.2, -0.15) is 0 Å². The number of nitrogens with zero attached hydrogens (tertiary/aromatic N) is 2. The number of amidine groups is 1. The fourth-order valence-corrected chi connectivity index (χ4v) is 1.82. The van der Waals surface area contributed by atoms with E-state index in [1.165, 1.54) is 0 Å². The SMILES string of the molecule is CC(CC(N)=NO)N(C)CCOc1ccc(Br)cc1. The van der Waals surface area contributed by atoms with E-state index in [2.05, 4.69) is 26.0 Å². The lowest BCUT2D eigenvalue weighted by Crippen LogP contribution is -2.35. The van der Waals surface area contributed by atoms with Gasteiger partial charge >= 0.3 is 0 Å². The highest BCUT2D eigenvalue weighted by atomic mass is 79.9. The van der Waals surface area contributed by atoms with Gasteiger partial charge in [0.05, 0.1) is 0 Å². The molecule has 0 fully saturated rings. The van der Waals surface area contributed by atoms with Crippen LogP contribution in [-0.4, -0.2) is 42.2 Å². The largest absolute Gasteiger partial charge is 0.492 e. The van der Waals surface area contributed by atoms with Crippen LogP contribution < -0.4 is 10.5 Å². The average molecular weight is 330 g/mol. The van der Waals surface area contributed by atoms with Crippen molar-refractivity contribution >= 4 is 21.8 Å². The van der Waals surface area contributed by atoms with Crippen molar-refractivity contribution in [3.8, 4) is 5.75 Å². The van der Waals surface area contributed by atoms with Crippen molar-refractivity contribution in [3.05, 3.63) is 28.7 Å². The molecule has 0 aliphatic carbocycles. The number of ether oxygens (including phenoxy) is 1. The first-order valence-corrected chi connectivity index (χ1v) is 6.87. The van der Waals surface area contributed by atoms with E-state index in [-0.39, 0.29) is 11.9 Å². The molecule has 3 N–H and O–H groups in total. The molecule has 1 atom stereocenters. The first kappa shape index (κ1) is 15.8. The van der Waals surface area contributed by atoms with Crippen LogP contribution in [0.2, 0.25) is 0 Å². The summed E-state index contributed by atoms with van der Waals surface area (Å²) in [6, 6.07) is 7.93. The van der Waals surface area contributed by atoms with Crippen LogP contribution in [0.3, 0.4) is 0 Å². The fraction of sp³-hybridized carbons (Fsp3) is 0.462. The summed E-state index contributed by atoms with van der Waals surface area (Å²) >= 11 is 3.38. The molecule has 0 radical (unpaired) electrons. The normalized spacial score (nSPS) is 13.6. The number of hydrogen-bond acceptors (Lipinski definition) is 4. The Kier molecular flexibility index (Phi) is 6.66. The van der Waals surface area contributed by atoms with E-state index in [0.29, 0.717) is 13.0 Å². The van der Waals surface area contributed by atoms with Crippen LogP contribution in [0.15, 0.2) is 33.9 Å². The van der Waals surface area contributed by atoms with Crippen molar-refractivity contribution in [2.24, 2.45) is 10.9 Å². The summed E-state index contributed by atoms with van der Waals surface area (Å²) in [6.07, 6.45) is 0.533. The molecular weight excluding hydrogens is 310 g/mol. The first-order valence-electron chi connectivity index (χ1n) is 6.08. The van der Waals surface area contributed by atoms with Gasteiger partial charge in [0.1, 0.15) is 18.2 Å². The summed E-state index contributed by atoms with van der Waals surface area (Å²) in [5, 5.41) is 11.5. The van der Waals surface area contributed by atoms with Crippen molar-refractivity contribution in [2.75, 3.05) is 20.2 Å². The van der Waals surface area contributed by atoms with E-state index in [1.807, 2.05) is 38.2 Å². The zero-order valence-corrected chi connectivity index (χ0v) is 12.8. The molecule has 0 saturated carbocycles. The maximum atomic E-state index is 8.53. The second-order valence-electron chi connectivity index (χ2n) is 4.43. The standard InChI is InChI=1S/C13H20BrN3O2/c1-10(9-13(15)16-18)17(2)7-8-19-12-5-3-11(14)4-6-12/h3-6,10,18H,7-9H2,1-2H3,(H2,15,16). The molecule has 106 valence electrons. The maximum Gasteiger partial charge on any atom is 0.140 e. The van der Waals surface area contributed by atoms with Crippen molar-refractivity contribution in [3.63, 3.8) is 0 Å². The summed E-state index contributed by atoms with van der Waals surface area (Å²) in [4.78, 5) is 2.11. The minimum Gasteiger partial charge on any atom is -0.492 e. The Morgan fingerprint density at radius 2 is 2.11 bits per heavy atom. The maximum absolute atomic E-state index is 8.53. The zero-order chi connectivity index (χ0) is 14.3. The smallest absolute Gasteiger partial charge is 0.140 e. The Balaban J connectivity index is 2.30. The Hall–Kier alpha value is -1.27. The Morgan fingerprint density at radius 3 is 2.68 bits per heavy atom.